The van der Waals surface area contributed by atoms with E-state index in [1.165, 1.54) is 24.3 Å². The quantitative estimate of drug-likeness (QED) is 0.288. The van der Waals surface area contributed by atoms with Gasteiger partial charge in [0, 0.05) is 49.6 Å². The Labute approximate surface area is 275 Å². The van der Waals surface area contributed by atoms with Crippen LogP contribution in [0.5, 0.6) is 5.75 Å². The maximum Gasteiger partial charge on any atom is 0.323 e. The first kappa shape index (κ1) is 35.4. The number of halogens is 1. The molecule has 4 amide bonds. The first-order valence-electron chi connectivity index (χ1n) is 16.0. The molecule has 0 spiro atoms. The van der Waals surface area contributed by atoms with E-state index in [9.17, 15) is 23.9 Å². The van der Waals surface area contributed by atoms with Gasteiger partial charge >= 0.3 is 6.03 Å². The van der Waals surface area contributed by atoms with Gasteiger partial charge in [-0.1, -0.05) is 25.1 Å². The van der Waals surface area contributed by atoms with Crippen LogP contribution >= 0.6 is 0 Å². The Morgan fingerprint density at radius 3 is 2.40 bits per heavy atom. The van der Waals surface area contributed by atoms with Crippen LogP contribution < -0.4 is 15.4 Å². The van der Waals surface area contributed by atoms with Gasteiger partial charge in [-0.25, -0.2) is 9.18 Å². The van der Waals surface area contributed by atoms with Gasteiger partial charge < -0.3 is 35.0 Å². The van der Waals surface area contributed by atoms with E-state index in [2.05, 4.69) is 10.6 Å². The lowest BCUT2D eigenvalue weighted by Gasteiger charge is -2.36. The molecule has 47 heavy (non-hydrogen) atoms. The molecule has 3 aromatic rings. The third kappa shape index (κ3) is 10.0. The number of amides is 4. The second-order valence-electron chi connectivity index (χ2n) is 12.1. The number of nitrogens with zero attached hydrogens (tertiary/aromatic N) is 2. The van der Waals surface area contributed by atoms with Gasteiger partial charge in [0.15, 0.2) is 0 Å². The van der Waals surface area contributed by atoms with Crippen LogP contribution in [-0.4, -0.2) is 84.4 Å². The zero-order valence-electron chi connectivity index (χ0n) is 27.4. The van der Waals surface area contributed by atoms with Crippen molar-refractivity contribution in [2.24, 2.45) is 5.92 Å². The zero-order valence-corrected chi connectivity index (χ0v) is 27.4. The van der Waals surface area contributed by atoms with E-state index in [4.69, 9.17) is 9.47 Å². The molecule has 1 heterocycles. The summed E-state index contributed by atoms with van der Waals surface area (Å²) in [5.41, 5.74) is 1.56. The molecular formula is C36H45FN4O6. The Morgan fingerprint density at radius 1 is 1.02 bits per heavy atom. The Hall–Kier alpha value is -4.48. The maximum absolute atomic E-state index is 14.3. The highest BCUT2D eigenvalue weighted by molar-refractivity contribution is 6.02. The Bertz CT molecular complexity index is 1490. The molecule has 1 aliphatic rings. The molecule has 1 aliphatic heterocycles. The van der Waals surface area contributed by atoms with Gasteiger partial charge in [-0.15, -0.1) is 0 Å². The minimum absolute atomic E-state index is 0.124. The first-order chi connectivity index (χ1) is 22.5. The number of urea groups is 1. The van der Waals surface area contributed by atoms with E-state index in [1.807, 2.05) is 32.0 Å². The van der Waals surface area contributed by atoms with Gasteiger partial charge in [0.25, 0.3) is 11.8 Å². The van der Waals surface area contributed by atoms with Crippen molar-refractivity contribution in [2.45, 2.75) is 58.3 Å². The molecule has 0 fully saturated rings. The Kier molecular flexibility index (Phi) is 12.7. The lowest BCUT2D eigenvalue weighted by atomic mass is 10.0. The van der Waals surface area contributed by atoms with Crippen LogP contribution in [0.4, 0.5) is 20.6 Å². The smallest absolute Gasteiger partial charge is 0.323 e. The molecule has 3 N–H and O–H groups in total. The first-order valence-corrected chi connectivity index (χ1v) is 16.0. The van der Waals surface area contributed by atoms with Gasteiger partial charge in [-0.05, 0) is 87.7 Å². The predicted octanol–water partition coefficient (Wildman–Crippen LogP) is 6.04. The minimum Gasteiger partial charge on any atom is -0.490 e. The summed E-state index contributed by atoms with van der Waals surface area (Å²) >= 11 is 0. The number of fused-ring (bicyclic) bond motifs is 1. The summed E-state index contributed by atoms with van der Waals surface area (Å²) in [6.45, 7) is 6.43. The highest BCUT2D eigenvalue weighted by atomic mass is 19.1. The fourth-order valence-electron chi connectivity index (χ4n) is 5.44. The molecule has 3 aromatic carbocycles. The number of nitrogens with one attached hydrogen (secondary N) is 2. The van der Waals surface area contributed by atoms with E-state index in [0.29, 0.717) is 35.8 Å². The molecule has 4 rings (SSSR count). The number of aliphatic hydroxyl groups excluding tert-OH is 1. The second kappa shape index (κ2) is 16.9. The monoisotopic (exact) mass is 648 g/mol. The summed E-state index contributed by atoms with van der Waals surface area (Å²) in [5.74, 6) is -0.772. The van der Waals surface area contributed by atoms with Gasteiger partial charge in [0.05, 0.1) is 30.4 Å². The van der Waals surface area contributed by atoms with Gasteiger partial charge in [0.1, 0.15) is 11.6 Å². The molecule has 4 atom stereocenters. The molecule has 0 saturated heterocycles. The second-order valence-corrected chi connectivity index (χ2v) is 12.1. The van der Waals surface area contributed by atoms with Crippen LogP contribution in [0.15, 0.2) is 72.8 Å². The van der Waals surface area contributed by atoms with Crippen molar-refractivity contribution in [2.75, 3.05) is 44.0 Å². The number of ether oxygens (including phenoxy) is 2. The molecule has 0 radical (unpaired) electrons. The molecule has 11 heteroatoms. The van der Waals surface area contributed by atoms with Crippen molar-refractivity contribution >= 4 is 29.2 Å². The number of hydrogen-bond acceptors (Lipinski definition) is 6. The fourth-order valence-corrected chi connectivity index (χ4v) is 5.44. The number of aliphatic hydroxyl groups is 1. The third-order valence-electron chi connectivity index (χ3n) is 8.23. The highest BCUT2D eigenvalue weighted by Crippen LogP contribution is 2.29. The third-order valence-corrected chi connectivity index (χ3v) is 8.23. The van der Waals surface area contributed by atoms with E-state index >= 15 is 0 Å². The SMILES string of the molecule is C[C@@H]1CN([C@@H](C)CO)C(=O)c2cc(NC(=O)Nc3ccc(F)cc3)ccc2O[C@@H](C)CCCCO[C@H]1CN(C)C(=O)c1ccccc1. The number of carbonyl (C=O) groups is 3. The average Bonchev–Trinajstić information content (AvgIpc) is 3.07. The van der Waals surface area contributed by atoms with E-state index in [0.717, 1.165) is 19.3 Å². The van der Waals surface area contributed by atoms with Crippen LogP contribution in [0.25, 0.3) is 0 Å². The number of rotatable bonds is 7. The number of benzene rings is 3. The summed E-state index contributed by atoms with van der Waals surface area (Å²) in [6, 6.07) is 18.2. The predicted molar refractivity (Wildman–Crippen MR) is 179 cm³/mol. The summed E-state index contributed by atoms with van der Waals surface area (Å²) < 4.78 is 25.9. The number of anilines is 2. The lowest BCUT2D eigenvalue weighted by Crippen LogP contribution is -2.48. The number of carbonyl (C=O) groups excluding carboxylic acids is 3. The Morgan fingerprint density at radius 2 is 1.70 bits per heavy atom. The van der Waals surface area contributed by atoms with Crippen LogP contribution in [0.3, 0.4) is 0 Å². The fraction of sp³-hybridized carbons (Fsp3) is 0.417. The summed E-state index contributed by atoms with van der Waals surface area (Å²) in [5, 5.41) is 15.6. The van der Waals surface area contributed by atoms with Crippen molar-refractivity contribution in [1.29, 1.82) is 0 Å². The molecule has 10 nitrogen and oxygen atoms in total. The van der Waals surface area contributed by atoms with Crippen molar-refractivity contribution in [3.8, 4) is 5.75 Å². The average molecular weight is 649 g/mol. The van der Waals surface area contributed by atoms with E-state index < -0.39 is 17.9 Å². The van der Waals surface area contributed by atoms with Crippen molar-refractivity contribution in [3.63, 3.8) is 0 Å². The van der Waals surface area contributed by atoms with Crippen molar-refractivity contribution < 1.29 is 33.4 Å². The van der Waals surface area contributed by atoms with E-state index in [-0.39, 0.29) is 48.7 Å². The standard InChI is InChI=1S/C36H45FN4O6/c1-24-21-41(25(2)23-42)35(44)31-20-30(39-36(45)38-29-15-13-28(37)14-16-29)17-18-32(31)47-26(3)10-8-9-19-46-33(24)22-40(4)34(43)27-11-6-5-7-12-27/h5-7,11-18,20,24-26,33,42H,8-10,19,21-23H2,1-4H3,(H2,38,39,45)/t24-,25+,26+,33+/m1/s1. The van der Waals surface area contributed by atoms with Crippen molar-refractivity contribution in [3.05, 3.63) is 89.7 Å². The molecule has 0 bridgehead atoms. The lowest BCUT2D eigenvalue weighted by molar-refractivity contribution is -0.0149. The topological polar surface area (TPSA) is 120 Å². The van der Waals surface area contributed by atoms with Crippen LogP contribution in [0, 0.1) is 11.7 Å². The summed E-state index contributed by atoms with van der Waals surface area (Å²) in [7, 11) is 1.74. The summed E-state index contributed by atoms with van der Waals surface area (Å²) in [6.07, 6.45) is 1.76. The Balaban J connectivity index is 1.60. The normalized spacial score (nSPS) is 19.8. The molecule has 0 aliphatic carbocycles. The minimum atomic E-state index is -0.567. The van der Waals surface area contributed by atoms with Crippen LogP contribution in [0.1, 0.15) is 60.7 Å². The molecule has 0 aromatic heterocycles. The molecule has 252 valence electrons. The van der Waals surface area contributed by atoms with E-state index in [1.54, 1.807) is 54.1 Å². The van der Waals surface area contributed by atoms with Gasteiger partial charge in [-0.2, -0.15) is 0 Å². The number of hydrogen-bond donors (Lipinski definition) is 3. The van der Waals surface area contributed by atoms with Crippen LogP contribution in [-0.2, 0) is 4.74 Å². The van der Waals surface area contributed by atoms with Crippen LogP contribution in [0.2, 0.25) is 0 Å². The largest absolute Gasteiger partial charge is 0.490 e. The molecule has 0 saturated carbocycles. The zero-order chi connectivity index (χ0) is 33.9. The maximum atomic E-state index is 14.3. The summed E-state index contributed by atoms with van der Waals surface area (Å²) in [4.78, 5) is 43.4. The highest BCUT2D eigenvalue weighted by Gasteiger charge is 2.31. The number of likely N-dealkylation sites (N-methyl/N-ethyl adjacent to an activating group) is 1. The molecular weight excluding hydrogens is 603 g/mol. The van der Waals surface area contributed by atoms with Gasteiger partial charge in [0.2, 0.25) is 0 Å². The van der Waals surface area contributed by atoms with Crippen molar-refractivity contribution in [1.82, 2.24) is 9.80 Å². The van der Waals surface area contributed by atoms with Gasteiger partial charge in [-0.3, -0.25) is 9.59 Å². The molecule has 0 unspecified atom stereocenters.